The Morgan fingerprint density at radius 3 is 2.18 bits per heavy atom. The summed E-state index contributed by atoms with van der Waals surface area (Å²) in [5.41, 5.74) is 5.27. The van der Waals surface area contributed by atoms with Crippen LogP contribution in [0.4, 0.5) is 0 Å². The number of aliphatic hydroxyl groups is 3. The van der Waals surface area contributed by atoms with Gasteiger partial charge in [-0.05, 0) is 0 Å². The van der Waals surface area contributed by atoms with Gasteiger partial charge < -0.3 is 44.7 Å². The second-order valence-electron chi connectivity index (χ2n) is 4.85. The van der Waals surface area contributed by atoms with Gasteiger partial charge in [-0.2, -0.15) is 0 Å². The van der Waals surface area contributed by atoms with Crippen molar-refractivity contribution >= 4 is 0 Å². The predicted molar refractivity (Wildman–Crippen MR) is 75.2 cm³/mol. The van der Waals surface area contributed by atoms with E-state index in [0.29, 0.717) is 26.4 Å². The molecule has 0 aromatic heterocycles. The Morgan fingerprint density at radius 2 is 1.55 bits per heavy atom. The Balaban J connectivity index is 2.20. The summed E-state index contributed by atoms with van der Waals surface area (Å²) in [6, 6.07) is 0. The lowest BCUT2D eigenvalue weighted by Gasteiger charge is -2.39. The van der Waals surface area contributed by atoms with E-state index in [1.165, 1.54) is 7.11 Å². The topological polar surface area (TPSA) is 133 Å². The van der Waals surface area contributed by atoms with Gasteiger partial charge in [0, 0.05) is 13.7 Å². The maximum atomic E-state index is 9.82. The van der Waals surface area contributed by atoms with E-state index < -0.39 is 30.7 Å². The van der Waals surface area contributed by atoms with Gasteiger partial charge in [0.05, 0.1) is 39.6 Å². The van der Waals surface area contributed by atoms with E-state index in [9.17, 15) is 15.3 Å². The number of ether oxygens (including phenoxy) is 5. The van der Waals surface area contributed by atoms with E-state index in [0.717, 1.165) is 0 Å². The Labute approximate surface area is 129 Å². The van der Waals surface area contributed by atoms with Crippen LogP contribution in [0.25, 0.3) is 0 Å². The molecule has 22 heavy (non-hydrogen) atoms. The minimum atomic E-state index is -1.36. The molecule has 132 valence electrons. The summed E-state index contributed by atoms with van der Waals surface area (Å²) in [5.74, 6) is 0. The van der Waals surface area contributed by atoms with E-state index >= 15 is 0 Å². The quantitative estimate of drug-likeness (QED) is 0.303. The monoisotopic (exact) mass is 325 g/mol. The molecule has 5 atom stereocenters. The molecule has 5 N–H and O–H groups in total. The molecule has 0 radical (unpaired) electrons. The number of hydrogen-bond donors (Lipinski definition) is 4. The Morgan fingerprint density at radius 1 is 0.909 bits per heavy atom. The maximum Gasteiger partial charge on any atom is 0.186 e. The van der Waals surface area contributed by atoms with Crippen molar-refractivity contribution in [3.63, 3.8) is 0 Å². The van der Waals surface area contributed by atoms with Crippen LogP contribution in [0.5, 0.6) is 0 Å². The van der Waals surface area contributed by atoms with Crippen LogP contribution in [0, 0.1) is 0 Å². The highest BCUT2D eigenvalue weighted by molar-refractivity contribution is 4.89. The summed E-state index contributed by atoms with van der Waals surface area (Å²) in [4.78, 5) is 0. The first kappa shape index (κ1) is 19.7. The molecule has 9 nitrogen and oxygen atoms in total. The molecule has 9 heteroatoms. The molecule has 0 spiro atoms. The zero-order valence-corrected chi connectivity index (χ0v) is 12.8. The van der Waals surface area contributed by atoms with E-state index in [1.54, 1.807) is 0 Å². The minimum absolute atomic E-state index is 0.0831. The first-order valence-electron chi connectivity index (χ1n) is 7.27. The van der Waals surface area contributed by atoms with Crippen molar-refractivity contribution in [1.29, 1.82) is 0 Å². The van der Waals surface area contributed by atoms with Gasteiger partial charge in [0.25, 0.3) is 0 Å². The lowest BCUT2D eigenvalue weighted by Crippen LogP contribution is -2.59. The molecule has 0 amide bonds. The molecule has 3 unspecified atom stereocenters. The number of hydrogen-bond acceptors (Lipinski definition) is 9. The van der Waals surface area contributed by atoms with Gasteiger partial charge in [-0.15, -0.1) is 0 Å². The molecule has 0 bridgehead atoms. The average Bonchev–Trinajstić information content (AvgIpc) is 2.52. The van der Waals surface area contributed by atoms with Gasteiger partial charge in [0.1, 0.15) is 24.4 Å². The van der Waals surface area contributed by atoms with Crippen molar-refractivity contribution in [1.82, 2.24) is 0 Å². The zero-order chi connectivity index (χ0) is 16.4. The zero-order valence-electron chi connectivity index (χ0n) is 12.8. The molecule has 1 fully saturated rings. The largest absolute Gasteiger partial charge is 0.387 e. The molecule has 1 rings (SSSR count). The van der Waals surface area contributed by atoms with Crippen LogP contribution in [0.2, 0.25) is 0 Å². The number of nitrogens with two attached hydrogens (primary N) is 1. The standard InChI is InChI=1S/C13H27NO8/c1-18-8-9-10(15)11(16)12(17)13(22-9)21-7-6-20-5-4-19-3-2-14/h9-13,15-17H,2-8,14H2,1H3/t9?,10-,11?,12?,13+/m1/s1. The van der Waals surface area contributed by atoms with Crippen molar-refractivity contribution in [3.8, 4) is 0 Å². The number of rotatable bonds is 11. The third-order valence-corrected chi connectivity index (χ3v) is 3.14. The highest BCUT2D eigenvalue weighted by Crippen LogP contribution is 2.22. The maximum absolute atomic E-state index is 9.82. The van der Waals surface area contributed by atoms with Gasteiger partial charge in [-0.1, -0.05) is 0 Å². The van der Waals surface area contributed by atoms with Crippen LogP contribution in [0.15, 0.2) is 0 Å². The molecule has 1 aliphatic rings. The summed E-state index contributed by atoms with van der Waals surface area (Å²) in [5, 5.41) is 29.3. The van der Waals surface area contributed by atoms with Crippen LogP contribution in [0.1, 0.15) is 0 Å². The lowest BCUT2D eigenvalue weighted by molar-refractivity contribution is -0.303. The normalized spacial score (nSPS) is 32.3. The van der Waals surface area contributed by atoms with Crippen molar-refractivity contribution < 1.29 is 39.0 Å². The molecule has 1 saturated heterocycles. The third-order valence-electron chi connectivity index (χ3n) is 3.14. The van der Waals surface area contributed by atoms with Crippen molar-refractivity contribution in [2.24, 2.45) is 5.73 Å². The lowest BCUT2D eigenvalue weighted by atomic mass is 9.99. The van der Waals surface area contributed by atoms with E-state index in [2.05, 4.69) is 0 Å². The van der Waals surface area contributed by atoms with Crippen molar-refractivity contribution in [3.05, 3.63) is 0 Å². The Bertz CT molecular complexity index is 283. The molecular formula is C13H27NO8. The van der Waals surface area contributed by atoms with Gasteiger partial charge in [0.15, 0.2) is 6.29 Å². The molecule has 0 aromatic rings. The Kier molecular flexibility index (Phi) is 10.0. The second kappa shape index (κ2) is 11.2. The van der Waals surface area contributed by atoms with Gasteiger partial charge >= 0.3 is 0 Å². The highest BCUT2D eigenvalue weighted by Gasteiger charge is 2.44. The molecule has 0 saturated carbocycles. The molecule has 0 aromatic carbocycles. The van der Waals surface area contributed by atoms with Crippen LogP contribution in [0.3, 0.4) is 0 Å². The van der Waals surface area contributed by atoms with Gasteiger partial charge in [-0.3, -0.25) is 0 Å². The number of aliphatic hydroxyl groups excluding tert-OH is 3. The smallest absolute Gasteiger partial charge is 0.186 e. The van der Waals surface area contributed by atoms with Crippen molar-refractivity contribution in [2.75, 3.05) is 53.3 Å². The van der Waals surface area contributed by atoms with Crippen LogP contribution >= 0.6 is 0 Å². The summed E-state index contributed by atoms with van der Waals surface area (Å²) < 4.78 is 26.0. The summed E-state index contributed by atoms with van der Waals surface area (Å²) in [7, 11) is 1.45. The summed E-state index contributed by atoms with van der Waals surface area (Å²) >= 11 is 0. The number of methoxy groups -OCH3 is 1. The molecular weight excluding hydrogens is 298 g/mol. The summed E-state index contributed by atoms with van der Waals surface area (Å²) in [6.45, 7) is 2.35. The van der Waals surface area contributed by atoms with Crippen LogP contribution < -0.4 is 5.73 Å². The predicted octanol–water partition coefficient (Wildman–Crippen LogP) is -2.55. The van der Waals surface area contributed by atoms with Crippen molar-refractivity contribution in [2.45, 2.75) is 30.7 Å². The highest BCUT2D eigenvalue weighted by atomic mass is 16.7. The van der Waals surface area contributed by atoms with Gasteiger partial charge in [-0.25, -0.2) is 0 Å². The second-order valence-corrected chi connectivity index (χ2v) is 4.85. The first-order chi connectivity index (χ1) is 10.6. The Hall–Kier alpha value is -0.360. The fraction of sp³-hybridized carbons (Fsp3) is 1.00. The minimum Gasteiger partial charge on any atom is -0.387 e. The summed E-state index contributed by atoms with van der Waals surface area (Å²) in [6.07, 6.45) is -5.74. The van der Waals surface area contributed by atoms with E-state index in [-0.39, 0.29) is 19.8 Å². The van der Waals surface area contributed by atoms with E-state index in [4.69, 9.17) is 29.4 Å². The third kappa shape index (κ3) is 6.41. The molecule has 0 aliphatic carbocycles. The molecule has 1 aliphatic heterocycles. The molecule has 1 heterocycles. The first-order valence-corrected chi connectivity index (χ1v) is 7.27. The van der Waals surface area contributed by atoms with Gasteiger partial charge in [0.2, 0.25) is 0 Å². The average molecular weight is 325 g/mol. The van der Waals surface area contributed by atoms with Crippen LogP contribution in [-0.4, -0.2) is 99.3 Å². The van der Waals surface area contributed by atoms with Crippen LogP contribution in [-0.2, 0) is 23.7 Å². The SMILES string of the molecule is COCC1O[C@H](OCCOCCOCCN)C(O)C(O)[C@@H]1O. The fourth-order valence-corrected chi connectivity index (χ4v) is 1.98. The fourth-order valence-electron chi connectivity index (χ4n) is 1.98. The van der Waals surface area contributed by atoms with E-state index in [1.807, 2.05) is 0 Å².